The van der Waals surface area contributed by atoms with Crippen molar-refractivity contribution in [3.8, 4) is 0 Å². The van der Waals surface area contributed by atoms with E-state index >= 15 is 0 Å². The van der Waals surface area contributed by atoms with Gasteiger partial charge < -0.3 is 16.8 Å². The molecular weight excluding hydrogens is 130 g/mol. The van der Waals surface area contributed by atoms with Crippen LogP contribution < -0.4 is 16.8 Å². The average molecular weight is 143 g/mol. The second kappa shape index (κ2) is 3.90. The third kappa shape index (κ3) is 2.50. The van der Waals surface area contributed by atoms with Crippen molar-refractivity contribution in [1.29, 1.82) is 0 Å². The number of carbonyl (C=O) groups excluding carboxylic acids is 1. The molecule has 4 heteroatoms. The number of hydrogen-bond donors (Lipinski definition) is 3. The molecule has 58 valence electrons. The molecule has 0 aromatic rings. The molecule has 0 aliphatic carbocycles. The van der Waals surface area contributed by atoms with Crippen LogP contribution in [0, 0.1) is 0 Å². The van der Waals surface area contributed by atoms with Crippen LogP contribution in [0.25, 0.3) is 0 Å². The van der Waals surface area contributed by atoms with Gasteiger partial charge in [-0.2, -0.15) is 0 Å². The largest absolute Gasteiger partial charge is 0.402 e. The molecule has 5 N–H and O–H groups in total. The van der Waals surface area contributed by atoms with Crippen molar-refractivity contribution in [2.24, 2.45) is 11.5 Å². The van der Waals surface area contributed by atoms with Crippen LogP contribution in [0.2, 0.25) is 0 Å². The number of amides is 1. The first kappa shape index (κ1) is 8.97. The lowest BCUT2D eigenvalue weighted by molar-refractivity contribution is -0.114. The Kier molecular flexibility index (Phi) is 3.49. The van der Waals surface area contributed by atoms with Crippen molar-refractivity contribution in [3.63, 3.8) is 0 Å². The fraction of sp³-hybridized carbons (Fsp3) is 0.500. The molecule has 4 nitrogen and oxygen atoms in total. The lowest BCUT2D eigenvalue weighted by Crippen LogP contribution is -2.25. The Balaban J connectivity index is 4.28. The number of primary amides is 1. The third-order valence-corrected chi connectivity index (χ3v) is 1.13. The van der Waals surface area contributed by atoms with Gasteiger partial charge in [-0.3, -0.25) is 4.79 Å². The number of carbonyl (C=O) groups is 1. The normalized spacial score (nSPS) is 12.6. The van der Waals surface area contributed by atoms with E-state index < -0.39 is 5.91 Å². The minimum absolute atomic E-state index is 0.428. The summed E-state index contributed by atoms with van der Waals surface area (Å²) in [5, 5.41) is 2.79. The van der Waals surface area contributed by atoms with Gasteiger partial charge in [-0.25, -0.2) is 0 Å². The highest BCUT2D eigenvalue weighted by Gasteiger charge is 2.04. The second-order valence-electron chi connectivity index (χ2n) is 2.06. The highest BCUT2D eigenvalue weighted by Crippen LogP contribution is 1.94. The maximum atomic E-state index is 10.6. The Morgan fingerprint density at radius 1 is 1.50 bits per heavy atom. The topological polar surface area (TPSA) is 81.1 Å². The van der Waals surface area contributed by atoms with Crippen molar-refractivity contribution in [2.45, 2.75) is 6.92 Å². The molecule has 0 fully saturated rings. The summed E-state index contributed by atoms with van der Waals surface area (Å²) in [5.41, 5.74) is 11.3. The fourth-order valence-electron chi connectivity index (χ4n) is 0.598. The molecule has 0 saturated carbocycles. The van der Waals surface area contributed by atoms with Crippen LogP contribution in [0.4, 0.5) is 0 Å². The van der Waals surface area contributed by atoms with Crippen molar-refractivity contribution < 1.29 is 4.79 Å². The van der Waals surface area contributed by atoms with Gasteiger partial charge in [0, 0.05) is 17.8 Å². The molecule has 0 radical (unpaired) electrons. The minimum Gasteiger partial charge on any atom is -0.402 e. The zero-order valence-electron chi connectivity index (χ0n) is 6.27. The molecule has 0 atom stereocenters. The van der Waals surface area contributed by atoms with Crippen LogP contribution in [0.3, 0.4) is 0 Å². The van der Waals surface area contributed by atoms with E-state index in [1.807, 2.05) is 0 Å². The molecule has 0 aromatic heterocycles. The number of nitrogens with one attached hydrogen (secondary N) is 1. The first-order valence-electron chi connectivity index (χ1n) is 2.99. The Morgan fingerprint density at radius 2 is 2.00 bits per heavy atom. The number of likely N-dealkylation sites (N-methyl/N-ethyl adjacent to an activating group) is 1. The summed E-state index contributed by atoms with van der Waals surface area (Å²) in [7, 11) is 1.73. The molecule has 0 unspecified atom stereocenters. The Hall–Kier alpha value is -1.03. The number of nitrogens with two attached hydrogens (primary N) is 2. The van der Waals surface area contributed by atoms with E-state index in [1.54, 1.807) is 14.0 Å². The summed E-state index contributed by atoms with van der Waals surface area (Å²) >= 11 is 0. The highest BCUT2D eigenvalue weighted by atomic mass is 16.1. The monoisotopic (exact) mass is 143 g/mol. The first-order chi connectivity index (χ1) is 4.59. The lowest BCUT2D eigenvalue weighted by Gasteiger charge is -2.02. The first-order valence-corrected chi connectivity index (χ1v) is 2.99. The summed E-state index contributed by atoms with van der Waals surface area (Å²) in [4.78, 5) is 10.6. The highest BCUT2D eigenvalue weighted by molar-refractivity contribution is 5.92. The predicted molar refractivity (Wildman–Crippen MR) is 40.0 cm³/mol. The molecule has 0 rings (SSSR count). The van der Waals surface area contributed by atoms with Gasteiger partial charge in [0.2, 0.25) is 5.91 Å². The third-order valence-electron chi connectivity index (χ3n) is 1.13. The van der Waals surface area contributed by atoms with Crippen molar-refractivity contribution >= 4 is 5.91 Å². The summed E-state index contributed by atoms with van der Waals surface area (Å²) in [6, 6.07) is 0. The summed E-state index contributed by atoms with van der Waals surface area (Å²) in [5.74, 6) is -0.464. The van der Waals surface area contributed by atoms with E-state index in [9.17, 15) is 4.79 Å². The van der Waals surface area contributed by atoms with E-state index in [4.69, 9.17) is 11.5 Å². The molecular formula is C6H13N3O. The molecule has 0 saturated heterocycles. The Bertz CT molecular complexity index is 158. The Morgan fingerprint density at radius 3 is 2.10 bits per heavy atom. The SMILES string of the molecule is CNC/C(C(N)=O)=C(\C)N. The van der Waals surface area contributed by atoms with Gasteiger partial charge in [-0.05, 0) is 14.0 Å². The van der Waals surface area contributed by atoms with E-state index in [0.717, 1.165) is 0 Å². The fourth-order valence-corrected chi connectivity index (χ4v) is 0.598. The van der Waals surface area contributed by atoms with Crippen LogP contribution in [-0.4, -0.2) is 19.5 Å². The Labute approximate surface area is 60.3 Å². The van der Waals surface area contributed by atoms with Gasteiger partial charge in [0.15, 0.2) is 0 Å². The number of hydrogen-bond acceptors (Lipinski definition) is 3. The van der Waals surface area contributed by atoms with Gasteiger partial charge >= 0.3 is 0 Å². The molecule has 10 heavy (non-hydrogen) atoms. The van der Waals surface area contributed by atoms with Crippen LogP contribution in [0.1, 0.15) is 6.92 Å². The summed E-state index contributed by atoms with van der Waals surface area (Å²) < 4.78 is 0. The molecule has 1 amide bonds. The van der Waals surface area contributed by atoms with E-state index in [2.05, 4.69) is 5.32 Å². The average Bonchev–Trinajstić information content (AvgIpc) is 1.81. The predicted octanol–water partition coefficient (Wildman–Crippen LogP) is -1.08. The van der Waals surface area contributed by atoms with Crippen molar-refractivity contribution in [2.75, 3.05) is 13.6 Å². The standard InChI is InChI=1S/C6H13N3O/c1-4(7)5(3-9-2)6(8)10/h9H,3,7H2,1-2H3,(H2,8,10)/b5-4-. The zero-order valence-corrected chi connectivity index (χ0v) is 6.27. The van der Waals surface area contributed by atoms with Gasteiger partial charge in [0.25, 0.3) is 0 Å². The lowest BCUT2D eigenvalue weighted by atomic mass is 10.2. The summed E-state index contributed by atoms with van der Waals surface area (Å²) in [6.45, 7) is 2.08. The van der Waals surface area contributed by atoms with Gasteiger partial charge in [-0.15, -0.1) is 0 Å². The molecule has 0 aromatic carbocycles. The van der Waals surface area contributed by atoms with Crippen LogP contribution in [0.5, 0.6) is 0 Å². The van der Waals surface area contributed by atoms with Crippen molar-refractivity contribution in [1.82, 2.24) is 5.32 Å². The number of allylic oxidation sites excluding steroid dienone is 1. The number of rotatable bonds is 3. The van der Waals surface area contributed by atoms with Crippen LogP contribution in [0.15, 0.2) is 11.3 Å². The maximum Gasteiger partial charge on any atom is 0.247 e. The maximum absolute atomic E-state index is 10.6. The van der Waals surface area contributed by atoms with E-state index in [0.29, 0.717) is 17.8 Å². The van der Waals surface area contributed by atoms with E-state index in [1.165, 1.54) is 0 Å². The molecule has 0 aliphatic heterocycles. The molecule has 0 heterocycles. The summed E-state index contributed by atoms with van der Waals surface area (Å²) in [6.07, 6.45) is 0. The zero-order chi connectivity index (χ0) is 8.15. The van der Waals surface area contributed by atoms with Crippen molar-refractivity contribution in [3.05, 3.63) is 11.3 Å². The van der Waals surface area contributed by atoms with Crippen LogP contribution >= 0.6 is 0 Å². The van der Waals surface area contributed by atoms with Gasteiger partial charge in [-0.1, -0.05) is 0 Å². The second-order valence-corrected chi connectivity index (χ2v) is 2.06. The molecule has 0 spiro atoms. The quantitative estimate of drug-likeness (QED) is 0.440. The van der Waals surface area contributed by atoms with Crippen LogP contribution in [-0.2, 0) is 4.79 Å². The molecule has 0 bridgehead atoms. The van der Waals surface area contributed by atoms with Gasteiger partial charge in [0.1, 0.15) is 0 Å². The van der Waals surface area contributed by atoms with Gasteiger partial charge in [0.05, 0.1) is 0 Å². The van der Waals surface area contributed by atoms with E-state index in [-0.39, 0.29) is 0 Å². The minimum atomic E-state index is -0.464. The smallest absolute Gasteiger partial charge is 0.247 e. The molecule has 0 aliphatic rings.